The Morgan fingerprint density at radius 3 is 1.41 bits per heavy atom. The Hall–Kier alpha value is -10.2. The van der Waals surface area contributed by atoms with Crippen molar-refractivity contribution in [1.29, 1.82) is 5.26 Å². The quantitative estimate of drug-likeness (QED) is 0.0687. The van der Waals surface area contributed by atoms with E-state index in [2.05, 4.69) is 26.7 Å². The van der Waals surface area contributed by atoms with Gasteiger partial charge in [-0.15, -0.1) is 10.2 Å². The van der Waals surface area contributed by atoms with Crippen molar-refractivity contribution >= 4 is 75.6 Å². The van der Waals surface area contributed by atoms with Crippen molar-refractivity contribution < 1.29 is 43.8 Å². The van der Waals surface area contributed by atoms with E-state index in [0.29, 0.717) is 62.9 Å². The summed E-state index contributed by atoms with van der Waals surface area (Å²) in [7, 11) is 0. The average Bonchev–Trinajstić information content (AvgIpc) is 4.40. The van der Waals surface area contributed by atoms with Crippen LogP contribution >= 0.6 is 23.2 Å². The topological polar surface area (TPSA) is 278 Å². The van der Waals surface area contributed by atoms with Gasteiger partial charge in [0.05, 0.1) is 71.0 Å². The van der Waals surface area contributed by atoms with E-state index < -0.39 is 29.9 Å². The predicted octanol–water partition coefficient (Wildman–Crippen LogP) is 8.29. The largest absolute Gasteiger partial charge is 0.478 e. The number of carboxylic acid groups (broad SMARTS) is 2. The fourth-order valence-electron chi connectivity index (χ4n) is 9.99. The van der Waals surface area contributed by atoms with E-state index in [0.717, 1.165) is 33.5 Å². The summed E-state index contributed by atoms with van der Waals surface area (Å²) in [5, 5.41) is 44.6. The lowest BCUT2D eigenvalue weighted by atomic mass is 9.92. The van der Waals surface area contributed by atoms with Crippen molar-refractivity contribution in [3.63, 3.8) is 0 Å². The molecule has 0 saturated heterocycles. The normalized spacial score (nSPS) is 13.8. The second-order valence-corrected chi connectivity index (χ2v) is 20.4. The molecule has 0 bridgehead atoms. The minimum Gasteiger partial charge on any atom is -0.478 e. The number of carbonyl (C=O) groups is 7. The smallest absolute Gasteiger partial charge is 0.335 e. The fourth-order valence-corrected chi connectivity index (χ4v) is 10.3. The third kappa shape index (κ3) is 14.1. The highest BCUT2D eigenvalue weighted by atomic mass is 35.5. The van der Waals surface area contributed by atoms with Gasteiger partial charge in [-0.3, -0.25) is 24.0 Å². The van der Waals surface area contributed by atoms with Crippen LogP contribution in [-0.2, 0) is 44.9 Å². The van der Waals surface area contributed by atoms with Gasteiger partial charge in [0.1, 0.15) is 0 Å². The number of aromatic carboxylic acids is 2. The SMILES string of the molecule is N#Cc1cccc(C[C@@H](C(=O)Cc2ccc(C(=O)O)cc2)N2CCC(c3cc(Cl)ccc3-n3ccnn3)=CC2=O)c1.NC(=O)c1cccc(C[C@@H](C(=O)Cc2ccc(C(=O)O)cc2)N2CCC(c3cc(Cl)ccc3-n3ccnn3)=CC2=O)c1. The number of benzene rings is 6. The second kappa shape index (κ2) is 26.0. The Bertz CT molecular complexity index is 3900. The monoisotopic (exact) mass is 1150 g/mol. The van der Waals surface area contributed by atoms with Crippen molar-refractivity contribution in [2.24, 2.45) is 5.73 Å². The molecule has 10 rings (SSSR count). The van der Waals surface area contributed by atoms with Crippen molar-refractivity contribution in [2.45, 2.75) is 50.6 Å². The van der Waals surface area contributed by atoms with E-state index in [1.54, 1.807) is 136 Å². The number of primary amides is 1. The van der Waals surface area contributed by atoms with E-state index in [-0.39, 0.29) is 66.7 Å². The van der Waals surface area contributed by atoms with Crippen LogP contribution in [0.3, 0.4) is 0 Å². The first-order valence-corrected chi connectivity index (χ1v) is 26.7. The molecule has 4 heterocycles. The Balaban J connectivity index is 0.000000200. The van der Waals surface area contributed by atoms with E-state index in [4.69, 9.17) is 28.9 Å². The van der Waals surface area contributed by atoms with Gasteiger partial charge in [0.25, 0.3) is 0 Å². The van der Waals surface area contributed by atoms with Crippen LogP contribution in [0.25, 0.3) is 22.5 Å². The molecule has 83 heavy (non-hydrogen) atoms. The molecule has 4 N–H and O–H groups in total. The number of carbonyl (C=O) groups excluding carboxylic acids is 5. The van der Waals surface area contributed by atoms with Gasteiger partial charge in [-0.05, 0) is 131 Å². The number of halogens is 2. The number of hydrogen-bond donors (Lipinski definition) is 3. The summed E-state index contributed by atoms with van der Waals surface area (Å²) in [6, 6.07) is 37.0. The molecule has 416 valence electrons. The summed E-state index contributed by atoms with van der Waals surface area (Å²) in [4.78, 5) is 92.0. The summed E-state index contributed by atoms with van der Waals surface area (Å²) >= 11 is 12.6. The predicted molar refractivity (Wildman–Crippen MR) is 307 cm³/mol. The first-order chi connectivity index (χ1) is 40.0. The lowest BCUT2D eigenvalue weighted by Crippen LogP contribution is -2.48. The molecule has 2 aliphatic heterocycles. The number of carboxylic acids is 2. The molecular formula is C62H50Cl2N10O9. The molecule has 6 aromatic carbocycles. The summed E-state index contributed by atoms with van der Waals surface area (Å²) < 4.78 is 3.20. The summed E-state index contributed by atoms with van der Waals surface area (Å²) in [6.07, 6.45) is 10.9. The Labute approximate surface area is 485 Å². The number of amides is 3. The molecule has 8 aromatic rings. The molecule has 0 radical (unpaired) electrons. The molecule has 0 fully saturated rings. The number of hydrogen-bond acceptors (Lipinski definition) is 12. The number of aromatic nitrogens is 6. The second-order valence-electron chi connectivity index (χ2n) is 19.5. The average molecular weight is 1150 g/mol. The zero-order valence-electron chi connectivity index (χ0n) is 44.1. The van der Waals surface area contributed by atoms with E-state index in [1.807, 2.05) is 12.1 Å². The van der Waals surface area contributed by atoms with Gasteiger partial charge < -0.3 is 25.7 Å². The lowest BCUT2D eigenvalue weighted by molar-refractivity contribution is -0.136. The van der Waals surface area contributed by atoms with Crippen LogP contribution < -0.4 is 5.73 Å². The lowest BCUT2D eigenvalue weighted by Gasteiger charge is -2.34. The zero-order valence-corrected chi connectivity index (χ0v) is 45.6. The Morgan fingerprint density at radius 1 is 0.566 bits per heavy atom. The van der Waals surface area contributed by atoms with Crippen LogP contribution in [0, 0.1) is 11.3 Å². The highest BCUT2D eigenvalue weighted by Crippen LogP contribution is 2.34. The van der Waals surface area contributed by atoms with Crippen LogP contribution in [0.4, 0.5) is 0 Å². The van der Waals surface area contributed by atoms with Gasteiger partial charge in [-0.2, -0.15) is 5.26 Å². The maximum atomic E-state index is 13.7. The highest BCUT2D eigenvalue weighted by molar-refractivity contribution is 6.31. The fraction of sp³-hybridized carbons (Fsp3) is 0.161. The summed E-state index contributed by atoms with van der Waals surface area (Å²) in [5.74, 6) is -3.77. The van der Waals surface area contributed by atoms with Crippen LogP contribution in [0.2, 0.25) is 10.0 Å². The van der Waals surface area contributed by atoms with Crippen molar-refractivity contribution in [3.05, 3.63) is 236 Å². The standard InChI is InChI=1S/C31H26ClN5O5.C31H24ClN5O4/c32-24-8-9-26(37-13-11-34-35-37)25(18-24)22-10-12-36(29(39)17-22)27(15-20-2-1-3-23(14-20)30(33)40)28(38)16-19-4-6-21(7-5-19)31(41)42;32-25-8-9-27(37-13-11-34-35-37)26(18-25)24-10-12-36(30(39)17-24)28(15-21-2-1-3-22(14-21)19-33)29(38)16-20-4-6-23(7-5-20)31(40)41/h1-9,11,13-14,17-18,27H,10,12,15-16H2,(H2,33,40)(H,41,42);1-9,11,13-14,17-18,28H,10,12,15-16H2,(H,40,41)/t27-;28-/m00/s1. The third-order valence-electron chi connectivity index (χ3n) is 14.1. The number of nitriles is 1. The third-order valence-corrected chi connectivity index (χ3v) is 14.6. The first-order valence-electron chi connectivity index (χ1n) is 25.9. The maximum absolute atomic E-state index is 13.7. The summed E-state index contributed by atoms with van der Waals surface area (Å²) in [5.41, 5.74) is 13.6. The first kappa shape index (κ1) is 57.5. The van der Waals surface area contributed by atoms with E-state index in [1.165, 1.54) is 41.3 Å². The van der Waals surface area contributed by atoms with Crippen LogP contribution in [0.1, 0.15) is 82.9 Å². The molecule has 2 atom stereocenters. The molecule has 0 unspecified atom stereocenters. The number of nitrogens with zero attached hydrogens (tertiary/aromatic N) is 9. The van der Waals surface area contributed by atoms with Crippen molar-refractivity contribution in [2.75, 3.05) is 13.1 Å². The summed E-state index contributed by atoms with van der Waals surface area (Å²) in [6.45, 7) is 0.554. The van der Waals surface area contributed by atoms with Crippen LogP contribution in [0.5, 0.6) is 0 Å². The molecule has 19 nitrogen and oxygen atoms in total. The molecule has 21 heteroatoms. The van der Waals surface area contributed by atoms with Gasteiger partial charge in [0.2, 0.25) is 17.7 Å². The van der Waals surface area contributed by atoms with Crippen molar-refractivity contribution in [3.8, 4) is 17.4 Å². The van der Waals surface area contributed by atoms with Crippen LogP contribution in [-0.4, -0.2) is 116 Å². The van der Waals surface area contributed by atoms with Crippen LogP contribution in [0.15, 0.2) is 170 Å². The zero-order chi connectivity index (χ0) is 58.7. The molecular weight excluding hydrogens is 1100 g/mol. The minimum absolute atomic E-state index is 0.00876. The number of nitrogens with two attached hydrogens (primary N) is 1. The molecule has 2 aromatic heterocycles. The van der Waals surface area contributed by atoms with Gasteiger partial charge in [0, 0.05) is 77.7 Å². The molecule has 0 aliphatic carbocycles. The van der Waals surface area contributed by atoms with E-state index >= 15 is 0 Å². The minimum atomic E-state index is -1.06. The van der Waals surface area contributed by atoms with E-state index in [9.17, 15) is 49.0 Å². The number of ketones is 2. The molecule has 0 spiro atoms. The molecule has 2 aliphatic rings. The van der Waals surface area contributed by atoms with Gasteiger partial charge in [-0.25, -0.2) is 19.0 Å². The maximum Gasteiger partial charge on any atom is 0.335 e. The highest BCUT2D eigenvalue weighted by Gasteiger charge is 2.34. The number of rotatable bonds is 19. The van der Waals surface area contributed by atoms with Gasteiger partial charge in [0.15, 0.2) is 11.6 Å². The molecule has 0 saturated carbocycles. The van der Waals surface area contributed by atoms with Crippen molar-refractivity contribution in [1.82, 2.24) is 39.8 Å². The van der Waals surface area contributed by atoms with Gasteiger partial charge in [-0.1, -0.05) is 82.2 Å². The van der Waals surface area contributed by atoms with Gasteiger partial charge >= 0.3 is 11.9 Å². The molecule has 3 amide bonds. The Kier molecular flexibility index (Phi) is 18.0. The number of Topliss-reactive ketones (excluding diaryl/α,β-unsaturated/α-hetero) is 2. The Morgan fingerprint density at radius 2 is 1.01 bits per heavy atom.